The number of carbonyl (C=O) groups is 10. The molecule has 0 unspecified atom stereocenters. The van der Waals surface area contributed by atoms with Gasteiger partial charge < -0.3 is 57.2 Å². The summed E-state index contributed by atoms with van der Waals surface area (Å²) in [4.78, 5) is 113. The molecule has 11 N–H and O–H groups in total. The number of carboxylic acid groups (broad SMARTS) is 5. The Morgan fingerprint density at radius 2 is 0.699 bits per heavy atom. The molecule has 6 aromatic rings. The zero-order valence-electron chi connectivity index (χ0n) is 51.1. The van der Waals surface area contributed by atoms with Crippen molar-refractivity contribution in [2.75, 3.05) is 19.6 Å². The van der Waals surface area contributed by atoms with E-state index in [1.54, 1.807) is 98.8 Å². The number of nitrogens with one attached hydrogen (secondary N) is 5. The van der Waals surface area contributed by atoms with E-state index in [0.29, 0.717) is 80.6 Å². The lowest BCUT2D eigenvalue weighted by molar-refractivity contribution is -0.141. The second-order valence-electron chi connectivity index (χ2n) is 20.6. The highest BCUT2D eigenvalue weighted by molar-refractivity contribution is 9.09. The molecule has 0 aliphatic rings. The third-order valence-corrected chi connectivity index (χ3v) is 16.0. The maximum absolute atomic E-state index is 12.2. The van der Waals surface area contributed by atoms with Crippen molar-refractivity contribution in [3.8, 4) is 5.75 Å². The molecule has 5 amide bonds. The molecule has 0 aliphatic carbocycles. The standard InChI is InChI=1S/C17H16BrNO4.C14H18BrNO3.C13H16BrNO3.C12H14BrNO3.C11H12BrNO3/c18-10-12-2-1-3-13(8-12)16(21)19-15(17(22)23)9-11-4-6-14(20)7-5-11;15-10-11-5-4-6-12(9-11)14(19)16-8-3-1-2-7-13(17)18;1-8(2)11(13(17)18)15-12(16)10-5-3-4-9(6-10)7-14;13-8-9-3-1-4-10(7-9)12(17)14-6-2-5-11(15)16;12-7-8-2-1-3-9(6-8)11(16)13-5-4-10(14)15/h1-8,15,20H,9-10H2,(H,19,21)(H,22,23);4-6,9H,1-3,7-8,10H2,(H,16,19)(H,17,18);3-6,8,11H,7H2,1-2H3,(H,15,16)(H,17,18);1,3-4,7H,2,5-6,8H2,(H,14,17)(H,15,16);1-3,6H,4-5,7H2,(H,13,16)(H,14,15)/t15-;;11-;;/m0.0../s1. The van der Waals surface area contributed by atoms with E-state index in [1.165, 1.54) is 12.1 Å². The first kappa shape index (κ1) is 81.3. The summed E-state index contributed by atoms with van der Waals surface area (Å²) in [5.41, 5.74) is 8.40. The number of benzene rings is 6. The third-order valence-electron chi connectivity index (χ3n) is 12.7. The van der Waals surface area contributed by atoms with Gasteiger partial charge >= 0.3 is 29.8 Å². The molecule has 0 saturated heterocycles. The summed E-state index contributed by atoms with van der Waals surface area (Å²) in [6.45, 7) is 4.62. The van der Waals surface area contributed by atoms with Gasteiger partial charge in [0, 0.05) is 93.4 Å². The SMILES string of the molecule is CC(C)[C@H](NC(=O)c1cccc(CBr)c1)C(=O)O.O=C(N[C@@H](Cc1ccc(O)cc1)C(=O)O)c1cccc(CBr)c1.O=C(O)CCCCCNC(=O)c1cccc(CBr)c1.O=C(O)CCCNC(=O)c1cccc(CBr)c1.O=C(O)CCNC(=O)c1cccc(CBr)c1. The van der Waals surface area contributed by atoms with E-state index in [4.69, 9.17) is 20.4 Å². The van der Waals surface area contributed by atoms with E-state index >= 15 is 0 Å². The molecule has 2 atom stereocenters. The van der Waals surface area contributed by atoms with E-state index in [-0.39, 0.29) is 67.5 Å². The second-order valence-corrected chi connectivity index (χ2v) is 23.4. The lowest BCUT2D eigenvalue weighted by Crippen LogP contribution is -2.44. The van der Waals surface area contributed by atoms with Crippen LogP contribution in [0.15, 0.2) is 146 Å². The van der Waals surface area contributed by atoms with Gasteiger partial charge in [0.25, 0.3) is 29.5 Å². The second kappa shape index (κ2) is 46.3. The lowest BCUT2D eigenvalue weighted by atomic mass is 10.0. The van der Waals surface area contributed by atoms with Gasteiger partial charge in [-0.1, -0.05) is 173 Å². The van der Waals surface area contributed by atoms with Crippen molar-refractivity contribution >= 4 is 139 Å². The first-order valence-electron chi connectivity index (χ1n) is 28.9. The molecule has 0 heterocycles. The smallest absolute Gasteiger partial charge is 0.326 e. The Balaban J connectivity index is 0.000000398. The summed E-state index contributed by atoms with van der Waals surface area (Å²) >= 11 is 16.6. The van der Waals surface area contributed by atoms with E-state index in [2.05, 4.69) is 106 Å². The van der Waals surface area contributed by atoms with Crippen LogP contribution in [-0.2, 0) is 57.0 Å². The van der Waals surface area contributed by atoms with Crippen molar-refractivity contribution < 1.29 is 78.6 Å². The van der Waals surface area contributed by atoms with Crippen molar-refractivity contribution in [2.45, 2.75) is 104 Å². The number of halogens is 5. The minimum Gasteiger partial charge on any atom is -0.508 e. The maximum atomic E-state index is 12.2. The minimum absolute atomic E-state index is 0.0656. The van der Waals surface area contributed by atoms with Gasteiger partial charge in [0.05, 0.1) is 6.42 Å². The highest BCUT2D eigenvalue weighted by atomic mass is 79.9. The van der Waals surface area contributed by atoms with Gasteiger partial charge in [-0.3, -0.25) is 38.4 Å². The van der Waals surface area contributed by atoms with Gasteiger partial charge in [-0.2, -0.15) is 0 Å². The molecule has 26 heteroatoms. The summed E-state index contributed by atoms with van der Waals surface area (Å²) in [5, 5.41) is 69.4. The first-order valence-corrected chi connectivity index (χ1v) is 34.5. The molecular formula is C67H76Br5N5O16. The average molecular weight is 1610 g/mol. The molecule has 0 aliphatic heterocycles. The molecular weight excluding hydrogens is 1530 g/mol. The molecule has 93 heavy (non-hydrogen) atoms. The number of phenolic OH excluding ortho intramolecular Hbond substituents is 1. The van der Waals surface area contributed by atoms with Gasteiger partial charge in [-0.05, 0) is 131 Å². The van der Waals surface area contributed by atoms with E-state index in [0.717, 1.165) is 46.0 Å². The fraction of sp³-hybridized carbons (Fsp3) is 0.313. The lowest BCUT2D eigenvalue weighted by Gasteiger charge is -2.18. The Hall–Kier alpha value is -7.78. The van der Waals surface area contributed by atoms with E-state index in [1.807, 2.05) is 48.5 Å². The van der Waals surface area contributed by atoms with E-state index < -0.39 is 47.8 Å². The van der Waals surface area contributed by atoms with Gasteiger partial charge in [0.15, 0.2) is 0 Å². The number of alkyl halides is 5. The van der Waals surface area contributed by atoms with Crippen molar-refractivity contribution in [1.82, 2.24) is 26.6 Å². The van der Waals surface area contributed by atoms with Gasteiger partial charge in [-0.25, -0.2) is 9.59 Å². The third kappa shape index (κ3) is 34.6. The van der Waals surface area contributed by atoms with Gasteiger partial charge in [0.1, 0.15) is 17.8 Å². The number of aromatic hydroxyl groups is 1. The molecule has 6 aromatic carbocycles. The predicted molar refractivity (Wildman–Crippen MR) is 372 cm³/mol. The van der Waals surface area contributed by atoms with Crippen LogP contribution in [-0.4, -0.2) is 122 Å². The van der Waals surface area contributed by atoms with Crippen LogP contribution < -0.4 is 26.6 Å². The molecule has 0 bridgehead atoms. The van der Waals surface area contributed by atoms with Crippen molar-refractivity contribution in [1.29, 1.82) is 0 Å². The number of unbranched alkanes of at least 4 members (excludes halogenated alkanes) is 2. The zero-order chi connectivity index (χ0) is 69.3. The average Bonchev–Trinajstić information content (AvgIpc) is 2.44. The van der Waals surface area contributed by atoms with Crippen LogP contribution in [0.3, 0.4) is 0 Å². The fourth-order valence-corrected chi connectivity index (χ4v) is 9.58. The van der Waals surface area contributed by atoms with Crippen molar-refractivity contribution in [2.24, 2.45) is 5.92 Å². The Morgan fingerprint density at radius 1 is 0.366 bits per heavy atom. The number of hydrogen-bond donors (Lipinski definition) is 11. The number of phenols is 1. The summed E-state index contributed by atoms with van der Waals surface area (Å²) in [6, 6.07) is 40.3. The molecule has 0 fully saturated rings. The molecule has 0 spiro atoms. The van der Waals surface area contributed by atoms with Crippen LogP contribution in [0.4, 0.5) is 0 Å². The summed E-state index contributed by atoms with van der Waals surface area (Å²) < 4.78 is 0. The summed E-state index contributed by atoms with van der Waals surface area (Å²) in [7, 11) is 0. The zero-order valence-corrected chi connectivity index (χ0v) is 59.0. The number of hydrogen-bond acceptors (Lipinski definition) is 11. The predicted octanol–water partition coefficient (Wildman–Crippen LogP) is 12.1. The van der Waals surface area contributed by atoms with Crippen LogP contribution in [0.5, 0.6) is 5.75 Å². The van der Waals surface area contributed by atoms with Gasteiger partial charge in [-0.15, -0.1) is 0 Å². The van der Waals surface area contributed by atoms with Crippen molar-refractivity contribution in [3.63, 3.8) is 0 Å². The van der Waals surface area contributed by atoms with E-state index in [9.17, 15) is 58.2 Å². The monoisotopic (exact) mass is 1600 g/mol. The highest BCUT2D eigenvalue weighted by Gasteiger charge is 2.24. The minimum atomic E-state index is -1.11. The molecule has 21 nitrogen and oxygen atoms in total. The molecule has 0 saturated carbocycles. The Bertz CT molecular complexity index is 3390. The topological polar surface area (TPSA) is 352 Å². The first-order chi connectivity index (χ1) is 44.3. The largest absolute Gasteiger partial charge is 0.508 e. The molecule has 0 aromatic heterocycles. The fourth-order valence-electron chi connectivity index (χ4n) is 7.84. The number of rotatable bonds is 30. The van der Waals surface area contributed by atoms with Crippen LogP contribution in [0.25, 0.3) is 0 Å². The summed E-state index contributed by atoms with van der Waals surface area (Å²) in [5.74, 6) is -6.01. The quantitative estimate of drug-likeness (QED) is 0.0147. The highest BCUT2D eigenvalue weighted by Crippen LogP contribution is 2.16. The van der Waals surface area contributed by atoms with Crippen molar-refractivity contribution in [3.05, 3.63) is 207 Å². The van der Waals surface area contributed by atoms with Gasteiger partial charge in [0.2, 0.25) is 0 Å². The van der Waals surface area contributed by atoms with Crippen LogP contribution in [0, 0.1) is 5.92 Å². The summed E-state index contributed by atoms with van der Waals surface area (Å²) in [6.07, 6.45) is 3.06. The molecule has 0 radical (unpaired) electrons. The molecule has 6 rings (SSSR count). The Kier molecular flexibility index (Phi) is 40.5. The number of aliphatic carboxylic acids is 5. The Morgan fingerprint density at radius 3 is 1.03 bits per heavy atom. The number of carboxylic acids is 5. The van der Waals surface area contributed by atoms with Crippen LogP contribution in [0.2, 0.25) is 0 Å². The van der Waals surface area contributed by atoms with Crippen LogP contribution >= 0.6 is 79.6 Å². The number of amides is 5. The maximum Gasteiger partial charge on any atom is 0.326 e. The number of carbonyl (C=O) groups excluding carboxylic acids is 5. The Labute approximate surface area is 582 Å². The normalized spacial score (nSPS) is 10.8. The molecule has 500 valence electrons. The van der Waals surface area contributed by atoms with Crippen LogP contribution in [0.1, 0.15) is 144 Å².